The fourth-order valence-electron chi connectivity index (χ4n) is 1.19. The van der Waals surface area contributed by atoms with Gasteiger partial charge in [0, 0.05) is 25.9 Å². The number of carbonyl (C=O) groups excluding carboxylic acids is 2. The van der Waals surface area contributed by atoms with Gasteiger partial charge in [-0.05, 0) is 25.8 Å². The highest BCUT2D eigenvalue weighted by atomic mass is 16.2. The van der Waals surface area contributed by atoms with E-state index in [1.165, 1.54) is 0 Å². The van der Waals surface area contributed by atoms with Gasteiger partial charge in [0.2, 0.25) is 11.8 Å². The van der Waals surface area contributed by atoms with Gasteiger partial charge in [-0.2, -0.15) is 0 Å². The molecule has 0 aliphatic heterocycles. The van der Waals surface area contributed by atoms with Crippen LogP contribution in [0, 0.1) is 0 Å². The van der Waals surface area contributed by atoms with Crippen molar-refractivity contribution in [1.82, 2.24) is 10.6 Å². The molecule has 2 amide bonds. The maximum Gasteiger partial charge on any atom is 0.221 e. The summed E-state index contributed by atoms with van der Waals surface area (Å²) in [6, 6.07) is 0. The minimum absolute atomic E-state index is 0.00302. The molecule has 0 spiro atoms. The Kier molecular flexibility index (Phi) is 9.70. The molecule has 4 N–H and O–H groups in total. The topological polar surface area (TPSA) is 84.2 Å². The molecule has 0 fully saturated rings. The van der Waals surface area contributed by atoms with Crippen LogP contribution >= 0.6 is 0 Å². The Labute approximate surface area is 97.2 Å². The van der Waals surface area contributed by atoms with Crippen LogP contribution in [0.1, 0.15) is 39.0 Å². The SMILES string of the molecule is CCCNC(=O)CCNC(=O)CCCCN. The first-order valence-corrected chi connectivity index (χ1v) is 5.94. The molecule has 0 heterocycles. The molecule has 0 saturated carbocycles. The van der Waals surface area contributed by atoms with E-state index in [1.807, 2.05) is 6.92 Å². The minimum atomic E-state index is -0.0101. The van der Waals surface area contributed by atoms with Gasteiger partial charge in [-0.1, -0.05) is 6.92 Å². The second kappa shape index (κ2) is 10.4. The minimum Gasteiger partial charge on any atom is -0.356 e. The molecule has 5 nitrogen and oxygen atoms in total. The number of rotatable bonds is 9. The van der Waals surface area contributed by atoms with E-state index in [0.29, 0.717) is 32.5 Å². The van der Waals surface area contributed by atoms with Crippen molar-refractivity contribution in [1.29, 1.82) is 0 Å². The van der Waals surface area contributed by atoms with E-state index in [9.17, 15) is 9.59 Å². The Bertz CT molecular complexity index is 207. The van der Waals surface area contributed by atoms with Gasteiger partial charge in [-0.15, -0.1) is 0 Å². The molecule has 0 atom stereocenters. The summed E-state index contributed by atoms with van der Waals surface area (Å²) >= 11 is 0. The van der Waals surface area contributed by atoms with Crippen molar-refractivity contribution in [2.75, 3.05) is 19.6 Å². The Morgan fingerprint density at radius 1 is 1.00 bits per heavy atom. The van der Waals surface area contributed by atoms with Gasteiger partial charge in [0.25, 0.3) is 0 Å². The average molecular weight is 229 g/mol. The van der Waals surface area contributed by atoms with Crippen molar-refractivity contribution in [3.8, 4) is 0 Å². The second-order valence-corrected chi connectivity index (χ2v) is 3.70. The molecule has 0 aromatic heterocycles. The predicted octanol–water partition coefficient (Wildman–Crippen LogP) is 0.148. The summed E-state index contributed by atoms with van der Waals surface area (Å²) in [7, 11) is 0. The van der Waals surface area contributed by atoms with Crippen LogP contribution in [0.3, 0.4) is 0 Å². The zero-order valence-corrected chi connectivity index (χ0v) is 10.1. The van der Waals surface area contributed by atoms with E-state index in [4.69, 9.17) is 5.73 Å². The quantitative estimate of drug-likeness (QED) is 0.492. The van der Waals surface area contributed by atoms with Gasteiger partial charge >= 0.3 is 0 Å². The van der Waals surface area contributed by atoms with E-state index in [-0.39, 0.29) is 11.8 Å². The fourth-order valence-corrected chi connectivity index (χ4v) is 1.19. The first-order chi connectivity index (χ1) is 7.70. The van der Waals surface area contributed by atoms with E-state index < -0.39 is 0 Å². The van der Waals surface area contributed by atoms with E-state index in [1.54, 1.807) is 0 Å². The maximum atomic E-state index is 11.2. The molecule has 0 unspecified atom stereocenters. The number of carbonyl (C=O) groups is 2. The molecule has 16 heavy (non-hydrogen) atoms. The third kappa shape index (κ3) is 9.45. The smallest absolute Gasteiger partial charge is 0.221 e. The van der Waals surface area contributed by atoms with Gasteiger partial charge in [0.1, 0.15) is 0 Å². The van der Waals surface area contributed by atoms with Crippen LogP contribution in [0.25, 0.3) is 0 Å². The second-order valence-electron chi connectivity index (χ2n) is 3.70. The van der Waals surface area contributed by atoms with Crippen LogP contribution in [-0.4, -0.2) is 31.4 Å². The lowest BCUT2D eigenvalue weighted by molar-refractivity contribution is -0.122. The molecule has 0 aliphatic carbocycles. The van der Waals surface area contributed by atoms with Gasteiger partial charge in [0.05, 0.1) is 0 Å². The number of hydrogen-bond donors (Lipinski definition) is 3. The first-order valence-electron chi connectivity index (χ1n) is 5.94. The zero-order valence-electron chi connectivity index (χ0n) is 10.1. The predicted molar refractivity (Wildman–Crippen MR) is 63.8 cm³/mol. The van der Waals surface area contributed by atoms with Crippen LogP contribution < -0.4 is 16.4 Å². The third-order valence-electron chi connectivity index (χ3n) is 2.10. The Morgan fingerprint density at radius 3 is 2.25 bits per heavy atom. The van der Waals surface area contributed by atoms with Crippen molar-refractivity contribution in [3.63, 3.8) is 0 Å². The van der Waals surface area contributed by atoms with Gasteiger partial charge < -0.3 is 16.4 Å². The molecule has 0 bridgehead atoms. The Hall–Kier alpha value is -1.10. The highest BCUT2D eigenvalue weighted by Gasteiger charge is 2.02. The number of amides is 2. The summed E-state index contributed by atoms with van der Waals surface area (Å²) in [5, 5.41) is 5.46. The van der Waals surface area contributed by atoms with Crippen molar-refractivity contribution in [3.05, 3.63) is 0 Å². The lowest BCUT2D eigenvalue weighted by atomic mass is 10.2. The first kappa shape index (κ1) is 14.9. The molecular weight excluding hydrogens is 206 g/mol. The molecule has 0 saturated heterocycles. The lowest BCUT2D eigenvalue weighted by Crippen LogP contribution is -2.30. The molecule has 0 aromatic carbocycles. The molecule has 0 rings (SSSR count). The Balaban J connectivity index is 3.36. The van der Waals surface area contributed by atoms with Crippen molar-refractivity contribution >= 4 is 11.8 Å². The van der Waals surface area contributed by atoms with Crippen LogP contribution in [0.4, 0.5) is 0 Å². The van der Waals surface area contributed by atoms with Crippen LogP contribution in [0.15, 0.2) is 0 Å². The average Bonchev–Trinajstić information content (AvgIpc) is 2.26. The summed E-state index contributed by atoms with van der Waals surface area (Å²) in [4.78, 5) is 22.4. The number of unbranched alkanes of at least 4 members (excludes halogenated alkanes) is 1. The summed E-state index contributed by atoms with van der Waals surface area (Å²) in [6.45, 7) is 3.73. The summed E-state index contributed by atoms with van der Waals surface area (Å²) in [5.74, 6) is -0.0131. The molecule has 94 valence electrons. The number of nitrogens with one attached hydrogen (secondary N) is 2. The molecule has 5 heteroatoms. The highest BCUT2D eigenvalue weighted by Crippen LogP contribution is 1.92. The van der Waals surface area contributed by atoms with Crippen LogP contribution in [-0.2, 0) is 9.59 Å². The van der Waals surface area contributed by atoms with Crippen molar-refractivity contribution in [2.24, 2.45) is 5.73 Å². The molecular formula is C11H23N3O2. The van der Waals surface area contributed by atoms with Gasteiger partial charge in [0.15, 0.2) is 0 Å². The number of hydrogen-bond acceptors (Lipinski definition) is 3. The van der Waals surface area contributed by atoms with E-state index >= 15 is 0 Å². The largest absolute Gasteiger partial charge is 0.356 e. The van der Waals surface area contributed by atoms with Gasteiger partial charge in [-0.3, -0.25) is 9.59 Å². The molecule has 0 aromatic rings. The number of nitrogens with two attached hydrogens (primary N) is 1. The molecule has 0 radical (unpaired) electrons. The van der Waals surface area contributed by atoms with Crippen molar-refractivity contribution in [2.45, 2.75) is 39.0 Å². The standard InChI is InChI=1S/C11H23N3O2/c1-2-8-13-11(16)6-9-14-10(15)5-3-4-7-12/h2-9,12H2,1H3,(H,13,16)(H,14,15). The van der Waals surface area contributed by atoms with E-state index in [2.05, 4.69) is 10.6 Å². The Morgan fingerprint density at radius 2 is 1.62 bits per heavy atom. The summed E-state index contributed by atoms with van der Waals surface area (Å²) < 4.78 is 0. The summed E-state index contributed by atoms with van der Waals surface area (Å²) in [5.41, 5.74) is 5.32. The third-order valence-corrected chi connectivity index (χ3v) is 2.10. The highest BCUT2D eigenvalue weighted by molar-refractivity contribution is 5.78. The normalized spacial score (nSPS) is 9.88. The fraction of sp³-hybridized carbons (Fsp3) is 0.818. The zero-order chi connectivity index (χ0) is 12.2. The van der Waals surface area contributed by atoms with Gasteiger partial charge in [-0.25, -0.2) is 0 Å². The maximum absolute atomic E-state index is 11.2. The van der Waals surface area contributed by atoms with E-state index in [0.717, 1.165) is 19.3 Å². The molecule has 0 aliphatic rings. The van der Waals surface area contributed by atoms with Crippen LogP contribution in [0.5, 0.6) is 0 Å². The monoisotopic (exact) mass is 229 g/mol. The summed E-state index contributed by atoms with van der Waals surface area (Å²) in [6.07, 6.45) is 3.45. The van der Waals surface area contributed by atoms with Crippen molar-refractivity contribution < 1.29 is 9.59 Å². The lowest BCUT2D eigenvalue weighted by Gasteiger charge is -2.05. The van der Waals surface area contributed by atoms with Crippen LogP contribution in [0.2, 0.25) is 0 Å².